The highest BCUT2D eigenvalue weighted by atomic mass is 32.2. The molecule has 0 spiro atoms. The average molecular weight is 430 g/mol. The molecule has 0 fully saturated rings. The van der Waals surface area contributed by atoms with E-state index in [2.05, 4.69) is 22.3 Å². The number of nitrogens with one attached hydrogen (secondary N) is 1. The number of likely N-dealkylation sites (N-methyl/N-ethyl adjacent to an activating group) is 1. The number of amidine groups is 1. The highest BCUT2D eigenvalue weighted by Crippen LogP contribution is 2.27. The predicted molar refractivity (Wildman–Crippen MR) is 118 cm³/mol. The van der Waals surface area contributed by atoms with Gasteiger partial charge in [-0.15, -0.1) is 5.10 Å². The number of nitrogens with zero attached hydrogens (tertiary/aromatic N) is 4. The molecule has 1 aliphatic rings. The van der Waals surface area contributed by atoms with E-state index in [9.17, 15) is 13.0 Å². The first-order chi connectivity index (χ1) is 14.4. The quantitative estimate of drug-likeness (QED) is 0.271. The molecule has 1 N–H and O–H groups in total. The molecule has 0 saturated carbocycles. The zero-order chi connectivity index (χ0) is 21.5. The number of quaternary nitrogens is 1. The maximum absolute atomic E-state index is 11.0. The molecule has 1 aromatic heterocycles. The lowest BCUT2D eigenvalue weighted by Gasteiger charge is -2.33. The molecule has 0 aliphatic carbocycles. The van der Waals surface area contributed by atoms with Crippen molar-refractivity contribution in [1.29, 1.82) is 0 Å². The van der Waals surface area contributed by atoms with Gasteiger partial charge in [0.25, 0.3) is 5.84 Å². The first-order valence-electron chi connectivity index (χ1n) is 9.90. The van der Waals surface area contributed by atoms with Crippen LogP contribution in [0.2, 0.25) is 0 Å². The Kier molecular flexibility index (Phi) is 7.20. The summed E-state index contributed by atoms with van der Waals surface area (Å²) in [5.74, 6) is 1.26. The molecule has 30 heavy (non-hydrogen) atoms. The fourth-order valence-electron chi connectivity index (χ4n) is 3.45. The molecular weight excluding hydrogens is 402 g/mol. The van der Waals surface area contributed by atoms with E-state index in [1.807, 2.05) is 60.8 Å². The Morgan fingerprint density at radius 3 is 2.67 bits per heavy atom. The van der Waals surface area contributed by atoms with Crippen LogP contribution in [0.5, 0.6) is 0 Å². The van der Waals surface area contributed by atoms with Crippen molar-refractivity contribution < 1.29 is 13.0 Å². The molecule has 0 bridgehead atoms. The second-order valence-corrected chi connectivity index (χ2v) is 8.80. The lowest BCUT2D eigenvalue weighted by Crippen LogP contribution is -2.51. The smallest absolute Gasteiger partial charge is 0.255 e. The molecule has 0 amide bonds. The van der Waals surface area contributed by atoms with Gasteiger partial charge in [0, 0.05) is 31.5 Å². The Morgan fingerprint density at radius 1 is 1.17 bits per heavy atom. The van der Waals surface area contributed by atoms with Crippen molar-refractivity contribution in [2.75, 3.05) is 25.9 Å². The van der Waals surface area contributed by atoms with Gasteiger partial charge in [-0.25, -0.2) is 13.5 Å². The lowest BCUT2D eigenvalue weighted by molar-refractivity contribution is 0.349. The van der Waals surface area contributed by atoms with Crippen LogP contribution < -0.4 is 4.48 Å². The van der Waals surface area contributed by atoms with Gasteiger partial charge in [-0.2, -0.15) is 9.58 Å². The SMILES string of the molecule is CN(CCc1ccccc1)N=C1C=CC=C[N+]1(CCCCS(=O)(=O)[O-])c1ccn[nH]1. The van der Waals surface area contributed by atoms with Gasteiger partial charge in [-0.05, 0) is 37.0 Å². The first kappa shape index (κ1) is 21.9. The Balaban J connectivity index is 1.78. The molecule has 2 heterocycles. The third kappa shape index (κ3) is 5.88. The van der Waals surface area contributed by atoms with E-state index in [0.29, 0.717) is 19.4 Å². The topological polar surface area (TPSA) is 101 Å². The van der Waals surface area contributed by atoms with Crippen molar-refractivity contribution in [2.24, 2.45) is 5.10 Å². The molecule has 1 atom stereocenters. The summed E-state index contributed by atoms with van der Waals surface area (Å²) >= 11 is 0. The molecule has 160 valence electrons. The Hall–Kier alpha value is -2.75. The number of benzene rings is 1. The van der Waals surface area contributed by atoms with Gasteiger partial charge < -0.3 is 4.55 Å². The average Bonchev–Trinajstić information content (AvgIpc) is 3.26. The molecule has 1 aliphatic heterocycles. The predicted octanol–water partition coefficient (Wildman–Crippen LogP) is 2.61. The second kappa shape index (κ2) is 9.84. The van der Waals surface area contributed by atoms with E-state index in [-0.39, 0.29) is 10.2 Å². The van der Waals surface area contributed by atoms with Crippen molar-refractivity contribution in [3.8, 4) is 0 Å². The van der Waals surface area contributed by atoms with Crippen molar-refractivity contribution in [1.82, 2.24) is 19.7 Å². The van der Waals surface area contributed by atoms with E-state index in [1.54, 1.807) is 6.20 Å². The molecule has 3 rings (SSSR count). The molecule has 2 aromatic rings. The number of aromatic nitrogens is 2. The van der Waals surface area contributed by atoms with E-state index in [0.717, 1.165) is 24.6 Å². The Bertz CT molecular complexity index is 1000. The molecule has 1 aromatic carbocycles. The fraction of sp³-hybridized carbons (Fsp3) is 0.333. The second-order valence-electron chi connectivity index (χ2n) is 7.28. The lowest BCUT2D eigenvalue weighted by atomic mass is 10.1. The van der Waals surface area contributed by atoms with Crippen molar-refractivity contribution >= 4 is 21.8 Å². The summed E-state index contributed by atoms with van der Waals surface area (Å²) in [6.07, 6.45) is 11.2. The molecule has 0 radical (unpaired) electrons. The number of rotatable bonds is 10. The van der Waals surface area contributed by atoms with E-state index >= 15 is 0 Å². The van der Waals surface area contributed by atoms with Crippen LogP contribution in [-0.2, 0) is 16.5 Å². The maximum Gasteiger partial charge on any atom is 0.255 e. The van der Waals surface area contributed by atoms with Crippen molar-refractivity contribution in [3.05, 3.63) is 72.6 Å². The molecule has 8 nitrogen and oxygen atoms in total. The van der Waals surface area contributed by atoms with Crippen LogP contribution >= 0.6 is 0 Å². The van der Waals surface area contributed by atoms with Gasteiger partial charge in [-0.3, -0.25) is 5.01 Å². The number of hydrogen-bond acceptors (Lipinski definition) is 6. The zero-order valence-corrected chi connectivity index (χ0v) is 17.8. The standard InChI is InChI=1S/C21H27N5O3S/c1-25(15-13-19-9-3-2-4-10-19)24-21-11-5-6-16-26(21,20-12-14-22-23-20)17-7-8-18-30(27,28)29/h2-6,9-12,14,16H,7-8,13,15,17-18H2,1H3,(H-,22,23,27,28,29). The summed E-state index contributed by atoms with van der Waals surface area (Å²) in [4.78, 5) is 0. The molecule has 9 heteroatoms. The molecule has 1 unspecified atom stereocenters. The Labute approximate surface area is 177 Å². The Morgan fingerprint density at radius 2 is 1.97 bits per heavy atom. The van der Waals surface area contributed by atoms with Gasteiger partial charge >= 0.3 is 0 Å². The van der Waals surface area contributed by atoms with Gasteiger partial charge in [0.2, 0.25) is 5.82 Å². The van der Waals surface area contributed by atoms with Gasteiger partial charge in [0.15, 0.2) is 0 Å². The first-order valence-corrected chi connectivity index (χ1v) is 11.5. The monoisotopic (exact) mass is 429 g/mol. The third-order valence-electron chi connectivity index (χ3n) is 5.02. The van der Waals surface area contributed by atoms with Crippen LogP contribution in [0, 0.1) is 0 Å². The van der Waals surface area contributed by atoms with Crippen molar-refractivity contribution in [3.63, 3.8) is 0 Å². The minimum atomic E-state index is -4.21. The van der Waals surface area contributed by atoms with Gasteiger partial charge in [0.1, 0.15) is 6.20 Å². The highest BCUT2D eigenvalue weighted by Gasteiger charge is 2.37. The maximum atomic E-state index is 11.0. The zero-order valence-electron chi connectivity index (χ0n) is 17.0. The summed E-state index contributed by atoms with van der Waals surface area (Å²) in [5.41, 5.74) is 1.25. The number of aromatic amines is 1. The number of H-pyrrole nitrogens is 1. The van der Waals surface area contributed by atoms with Gasteiger partial charge in [-0.1, -0.05) is 30.3 Å². The largest absolute Gasteiger partial charge is 0.748 e. The summed E-state index contributed by atoms with van der Waals surface area (Å²) < 4.78 is 33.2. The molecule has 0 saturated heterocycles. The summed E-state index contributed by atoms with van der Waals surface area (Å²) in [6, 6.07) is 12.1. The van der Waals surface area contributed by atoms with Crippen LogP contribution in [-0.4, -0.2) is 59.9 Å². The number of unbranched alkanes of at least 4 members (excludes halogenated alkanes) is 1. The van der Waals surface area contributed by atoms with Crippen LogP contribution in [0.4, 0.5) is 5.82 Å². The fourth-order valence-corrected chi connectivity index (χ4v) is 4.00. The van der Waals surface area contributed by atoms with Crippen LogP contribution in [0.15, 0.2) is 72.1 Å². The van der Waals surface area contributed by atoms with Gasteiger partial charge in [0.05, 0.1) is 22.9 Å². The minimum Gasteiger partial charge on any atom is -0.748 e. The summed E-state index contributed by atoms with van der Waals surface area (Å²) in [7, 11) is -2.28. The third-order valence-corrected chi connectivity index (χ3v) is 5.81. The van der Waals surface area contributed by atoms with Crippen LogP contribution in [0.3, 0.4) is 0 Å². The number of hydrazone groups is 1. The van der Waals surface area contributed by atoms with Crippen LogP contribution in [0.25, 0.3) is 0 Å². The highest BCUT2D eigenvalue weighted by molar-refractivity contribution is 7.85. The summed E-state index contributed by atoms with van der Waals surface area (Å²) in [6.45, 7) is 1.31. The van der Waals surface area contributed by atoms with E-state index in [1.165, 1.54) is 5.56 Å². The summed E-state index contributed by atoms with van der Waals surface area (Å²) in [5, 5.41) is 13.9. The molecular formula is C21H27N5O3S. The number of hydrogen-bond donors (Lipinski definition) is 1. The van der Waals surface area contributed by atoms with E-state index in [4.69, 9.17) is 5.10 Å². The van der Waals surface area contributed by atoms with E-state index < -0.39 is 10.1 Å². The van der Waals surface area contributed by atoms with Crippen LogP contribution in [0.1, 0.15) is 18.4 Å². The van der Waals surface area contributed by atoms with Crippen molar-refractivity contribution in [2.45, 2.75) is 19.3 Å². The minimum absolute atomic E-state index is 0.283. The normalized spacial score (nSPS) is 20.0. The number of allylic oxidation sites excluding steroid dienone is 2.